The third-order valence-electron chi connectivity index (χ3n) is 2.90. The van der Waals surface area contributed by atoms with Gasteiger partial charge in [-0.15, -0.1) is 0 Å². The van der Waals surface area contributed by atoms with Crippen LogP contribution in [0.25, 0.3) is 10.9 Å². The third-order valence-corrected chi connectivity index (χ3v) is 2.90. The second-order valence-corrected chi connectivity index (χ2v) is 3.86. The molecule has 0 saturated heterocycles. The van der Waals surface area contributed by atoms with Gasteiger partial charge in [0.05, 0.1) is 5.52 Å². The zero-order valence-corrected chi connectivity index (χ0v) is 8.10. The molecule has 1 aliphatic heterocycles. The quantitative estimate of drug-likeness (QED) is 0.614. The lowest BCUT2D eigenvalue weighted by atomic mass is 10.1. The number of phenolic OH excluding ortho intramolecular Hbond substituents is 1. The van der Waals surface area contributed by atoms with Crippen molar-refractivity contribution in [2.75, 3.05) is 6.54 Å². The van der Waals surface area contributed by atoms with E-state index in [-0.39, 0.29) is 5.75 Å². The van der Waals surface area contributed by atoms with E-state index >= 15 is 0 Å². The molecule has 3 N–H and O–H groups in total. The molecule has 0 atom stereocenters. The minimum absolute atomic E-state index is 0.0144. The summed E-state index contributed by atoms with van der Waals surface area (Å²) < 4.78 is 13.2. The fraction of sp³-hybridized carbons (Fsp3) is 0.273. The molecule has 78 valence electrons. The highest BCUT2D eigenvalue weighted by Gasteiger charge is 2.17. The highest BCUT2D eigenvalue weighted by Crippen LogP contribution is 2.31. The van der Waals surface area contributed by atoms with Crippen LogP contribution in [0.1, 0.15) is 11.3 Å². The number of fused-ring (bicyclic) bond motifs is 3. The van der Waals surface area contributed by atoms with Crippen molar-refractivity contribution in [3.63, 3.8) is 0 Å². The zero-order chi connectivity index (χ0) is 10.4. The molecule has 3 rings (SSSR count). The minimum atomic E-state index is -0.396. The summed E-state index contributed by atoms with van der Waals surface area (Å²) in [4.78, 5) is 3.15. The van der Waals surface area contributed by atoms with Gasteiger partial charge in [0.1, 0.15) is 11.6 Å². The normalized spacial score (nSPS) is 15.5. The topological polar surface area (TPSA) is 48.0 Å². The van der Waals surface area contributed by atoms with Crippen molar-refractivity contribution < 1.29 is 9.50 Å². The largest absolute Gasteiger partial charge is 0.506 e. The van der Waals surface area contributed by atoms with Crippen LogP contribution in [-0.4, -0.2) is 16.6 Å². The lowest BCUT2D eigenvalue weighted by Gasteiger charge is -2.12. The number of phenols is 1. The van der Waals surface area contributed by atoms with Crippen molar-refractivity contribution in [1.82, 2.24) is 10.3 Å². The molecule has 0 fully saturated rings. The standard InChI is InChI=1S/C11H11FN2O/c12-6-3-7-8-5-13-2-1-9(8)14-11(7)10(15)4-6/h3-4,13-15H,1-2,5H2. The van der Waals surface area contributed by atoms with Crippen LogP contribution in [-0.2, 0) is 13.0 Å². The van der Waals surface area contributed by atoms with Crippen LogP contribution in [0.2, 0.25) is 0 Å². The van der Waals surface area contributed by atoms with Gasteiger partial charge >= 0.3 is 0 Å². The number of nitrogens with one attached hydrogen (secondary N) is 2. The number of rotatable bonds is 0. The first-order valence-electron chi connectivity index (χ1n) is 4.98. The lowest BCUT2D eigenvalue weighted by Crippen LogP contribution is -2.22. The van der Waals surface area contributed by atoms with Crippen LogP contribution in [0.5, 0.6) is 5.75 Å². The fourth-order valence-corrected chi connectivity index (χ4v) is 2.19. The van der Waals surface area contributed by atoms with Crippen LogP contribution < -0.4 is 5.32 Å². The average molecular weight is 206 g/mol. The summed E-state index contributed by atoms with van der Waals surface area (Å²) in [5.74, 6) is -0.410. The molecule has 2 heterocycles. The Hall–Kier alpha value is -1.55. The molecule has 1 aromatic heterocycles. The summed E-state index contributed by atoms with van der Waals surface area (Å²) in [5.41, 5.74) is 2.82. The Kier molecular flexibility index (Phi) is 1.73. The minimum Gasteiger partial charge on any atom is -0.506 e. The number of hydrogen-bond donors (Lipinski definition) is 3. The van der Waals surface area contributed by atoms with E-state index in [0.29, 0.717) is 5.52 Å². The number of H-pyrrole nitrogens is 1. The van der Waals surface area contributed by atoms with E-state index < -0.39 is 5.82 Å². The van der Waals surface area contributed by atoms with Crippen molar-refractivity contribution in [1.29, 1.82) is 0 Å². The van der Waals surface area contributed by atoms with Gasteiger partial charge in [0.25, 0.3) is 0 Å². The van der Waals surface area contributed by atoms with E-state index in [1.807, 2.05) is 0 Å². The maximum absolute atomic E-state index is 13.2. The first-order valence-corrected chi connectivity index (χ1v) is 4.98. The highest BCUT2D eigenvalue weighted by atomic mass is 19.1. The van der Waals surface area contributed by atoms with Gasteiger partial charge in [-0.1, -0.05) is 0 Å². The number of benzene rings is 1. The molecular formula is C11H11FN2O. The first-order chi connectivity index (χ1) is 7.25. The predicted octanol–water partition coefficient (Wildman–Crippen LogP) is 1.66. The second-order valence-electron chi connectivity index (χ2n) is 3.86. The molecule has 1 aliphatic rings. The SMILES string of the molecule is Oc1cc(F)cc2c3c([nH]c12)CCNC3. The molecular weight excluding hydrogens is 195 g/mol. The van der Waals surface area contributed by atoms with Gasteiger partial charge in [0, 0.05) is 36.7 Å². The fourth-order valence-electron chi connectivity index (χ4n) is 2.19. The van der Waals surface area contributed by atoms with Crippen LogP contribution in [0.4, 0.5) is 4.39 Å². The van der Waals surface area contributed by atoms with E-state index in [4.69, 9.17) is 0 Å². The number of aromatic hydroxyl groups is 1. The molecule has 3 nitrogen and oxygen atoms in total. The molecule has 0 amide bonds. The molecule has 0 saturated carbocycles. The van der Waals surface area contributed by atoms with Crippen molar-refractivity contribution in [2.45, 2.75) is 13.0 Å². The Bertz CT molecular complexity index is 533. The van der Waals surface area contributed by atoms with E-state index in [9.17, 15) is 9.50 Å². The number of aromatic nitrogens is 1. The molecule has 0 radical (unpaired) electrons. The van der Waals surface area contributed by atoms with Crippen LogP contribution >= 0.6 is 0 Å². The average Bonchev–Trinajstić information content (AvgIpc) is 2.57. The van der Waals surface area contributed by atoms with E-state index in [1.54, 1.807) is 0 Å². The summed E-state index contributed by atoms with van der Waals surface area (Å²) in [7, 11) is 0. The Morgan fingerprint density at radius 3 is 3.07 bits per heavy atom. The summed E-state index contributed by atoms with van der Waals surface area (Å²) >= 11 is 0. The summed E-state index contributed by atoms with van der Waals surface area (Å²) in [6, 6.07) is 2.61. The first kappa shape index (κ1) is 8.73. The predicted molar refractivity (Wildman–Crippen MR) is 55.3 cm³/mol. The number of aromatic amines is 1. The van der Waals surface area contributed by atoms with Gasteiger partial charge in [-0.05, 0) is 11.6 Å². The molecule has 0 aliphatic carbocycles. The zero-order valence-electron chi connectivity index (χ0n) is 8.10. The van der Waals surface area contributed by atoms with E-state index in [1.165, 1.54) is 6.07 Å². The molecule has 0 unspecified atom stereocenters. The van der Waals surface area contributed by atoms with Crippen LogP contribution in [0, 0.1) is 5.82 Å². The van der Waals surface area contributed by atoms with Crippen molar-refractivity contribution in [2.24, 2.45) is 0 Å². The van der Waals surface area contributed by atoms with Crippen molar-refractivity contribution >= 4 is 10.9 Å². The van der Waals surface area contributed by atoms with Crippen molar-refractivity contribution in [3.05, 3.63) is 29.2 Å². The Morgan fingerprint density at radius 2 is 2.20 bits per heavy atom. The van der Waals surface area contributed by atoms with Gasteiger partial charge in [-0.2, -0.15) is 0 Å². The van der Waals surface area contributed by atoms with Crippen LogP contribution in [0.15, 0.2) is 12.1 Å². The molecule has 2 aromatic rings. The highest BCUT2D eigenvalue weighted by molar-refractivity contribution is 5.89. The lowest BCUT2D eigenvalue weighted by molar-refractivity contribution is 0.474. The molecule has 1 aromatic carbocycles. The van der Waals surface area contributed by atoms with E-state index in [2.05, 4.69) is 10.3 Å². The van der Waals surface area contributed by atoms with Gasteiger partial charge < -0.3 is 15.4 Å². The smallest absolute Gasteiger partial charge is 0.142 e. The van der Waals surface area contributed by atoms with Gasteiger partial charge in [0.2, 0.25) is 0 Å². The monoisotopic (exact) mass is 206 g/mol. The van der Waals surface area contributed by atoms with Gasteiger partial charge in [-0.3, -0.25) is 0 Å². The summed E-state index contributed by atoms with van der Waals surface area (Å²) in [5, 5.41) is 13.6. The molecule has 15 heavy (non-hydrogen) atoms. The Balaban J connectivity index is 2.37. The van der Waals surface area contributed by atoms with E-state index in [0.717, 1.165) is 42.2 Å². The number of halogens is 1. The van der Waals surface area contributed by atoms with Crippen molar-refractivity contribution in [3.8, 4) is 5.75 Å². The second kappa shape index (κ2) is 2.97. The van der Waals surface area contributed by atoms with Gasteiger partial charge in [0.15, 0.2) is 0 Å². The third kappa shape index (κ3) is 1.22. The van der Waals surface area contributed by atoms with Gasteiger partial charge in [-0.25, -0.2) is 4.39 Å². The maximum Gasteiger partial charge on any atom is 0.142 e. The molecule has 0 bridgehead atoms. The Morgan fingerprint density at radius 1 is 1.33 bits per heavy atom. The maximum atomic E-state index is 13.2. The number of hydrogen-bond acceptors (Lipinski definition) is 2. The van der Waals surface area contributed by atoms with Crippen LogP contribution in [0.3, 0.4) is 0 Å². The Labute approximate surface area is 85.9 Å². The summed E-state index contributed by atoms with van der Waals surface area (Å²) in [6.45, 7) is 1.65. The summed E-state index contributed by atoms with van der Waals surface area (Å²) in [6.07, 6.45) is 0.894. The molecule has 0 spiro atoms. The molecule has 4 heteroatoms.